The average molecular weight is 1070 g/mol. The lowest BCUT2D eigenvalue weighted by Crippen LogP contribution is -2.50. The molecule has 14 heteroatoms. The highest BCUT2D eigenvalue weighted by Crippen LogP contribution is 2.24. The predicted molar refractivity (Wildman–Crippen MR) is 309 cm³/mol. The first-order valence-electron chi connectivity index (χ1n) is 30.1. The summed E-state index contributed by atoms with van der Waals surface area (Å²) >= 11 is 0. The van der Waals surface area contributed by atoms with Gasteiger partial charge >= 0.3 is 34.2 Å². The van der Waals surface area contributed by atoms with Gasteiger partial charge in [0.1, 0.15) is 12.6 Å². The van der Waals surface area contributed by atoms with Gasteiger partial charge in [-0.2, -0.15) is 0 Å². The van der Waals surface area contributed by atoms with Crippen molar-refractivity contribution in [2.45, 2.75) is 311 Å². The van der Waals surface area contributed by atoms with Crippen LogP contribution in [0.25, 0.3) is 0 Å². The molecule has 0 aliphatic carbocycles. The van der Waals surface area contributed by atoms with Crippen LogP contribution in [0.1, 0.15) is 246 Å². The van der Waals surface area contributed by atoms with Gasteiger partial charge in [-0.1, -0.05) is 169 Å². The Morgan fingerprint density at radius 3 is 0.957 bits per heavy atom. The Balaban J connectivity index is 4.88. The summed E-state index contributed by atoms with van der Waals surface area (Å²) in [5.74, 6) is 0. The highest BCUT2D eigenvalue weighted by Gasteiger charge is 2.39. The van der Waals surface area contributed by atoms with E-state index in [9.17, 15) is 5.11 Å². The zero-order valence-corrected chi connectivity index (χ0v) is 53.0. The number of hydrogen-bond donors (Lipinski definition) is 1. The Morgan fingerprint density at radius 2 is 0.614 bits per heavy atom. The van der Waals surface area contributed by atoms with E-state index in [0.717, 1.165) is 110 Å². The van der Waals surface area contributed by atoms with E-state index in [1.54, 1.807) is 0 Å². The lowest BCUT2D eigenvalue weighted by molar-refractivity contribution is -0.101. The third-order valence-electron chi connectivity index (χ3n) is 13.0. The molecule has 2 unspecified atom stereocenters. The van der Waals surface area contributed by atoms with Crippen LogP contribution in [0.3, 0.4) is 0 Å². The fraction of sp³-hybridized carbons (Fsp3) is 1.00. The molecule has 0 spiro atoms. The lowest BCUT2D eigenvalue weighted by atomic mass is 10.1. The Labute approximate surface area is 441 Å². The van der Waals surface area contributed by atoms with Crippen molar-refractivity contribution in [3.63, 3.8) is 0 Å². The third-order valence-corrected chi connectivity index (χ3v) is 24.3. The minimum Gasteiger partial charge on any atom is -0.415 e. The molecule has 0 rings (SSSR count). The summed E-state index contributed by atoms with van der Waals surface area (Å²) < 4.78 is 52.6. The van der Waals surface area contributed by atoms with Gasteiger partial charge in [0, 0.05) is 33.0 Å². The van der Waals surface area contributed by atoms with Crippen LogP contribution >= 0.6 is 0 Å². The van der Waals surface area contributed by atoms with Crippen molar-refractivity contribution in [2.24, 2.45) is 0 Å². The number of ether oxygens (including phenoxy) is 2. The van der Waals surface area contributed by atoms with E-state index in [4.69, 9.17) is 35.4 Å². The molecule has 1 N–H and O–H groups in total. The topological polar surface area (TPSA) is 97.3 Å². The Bertz CT molecular complexity index is 1030. The fourth-order valence-corrected chi connectivity index (χ4v) is 22.5. The molecule has 10 nitrogen and oxygen atoms in total. The quantitative estimate of drug-likeness (QED) is 0.0360. The molecule has 0 bridgehead atoms. The molecular weight excluding hydrogens is 943 g/mol. The Hall–Kier alpha value is 0.468. The molecule has 0 saturated carbocycles. The summed E-state index contributed by atoms with van der Waals surface area (Å²) in [5.41, 5.74) is 0. The molecule has 0 aromatic carbocycles. The number of unbranched alkanes of at least 4 members (excludes halogenated alkanes) is 25. The van der Waals surface area contributed by atoms with E-state index < -0.39 is 34.2 Å². The van der Waals surface area contributed by atoms with E-state index in [0.29, 0.717) is 0 Å². The van der Waals surface area contributed by atoms with Crippen LogP contribution in [0.2, 0.25) is 52.4 Å². The van der Waals surface area contributed by atoms with E-state index in [-0.39, 0.29) is 19.2 Å². The van der Waals surface area contributed by atoms with Crippen LogP contribution in [0.5, 0.6) is 0 Å². The van der Waals surface area contributed by atoms with Gasteiger partial charge in [0.25, 0.3) is 0 Å². The molecule has 2 atom stereocenters. The SMILES string of the molecule is CCCCCCCCO[Si](C)(C)O[Si](C)(C)OC(CCCCCCC)OCCCCCCN(CCCCO)CCCCCCOC(CCCCCCC)O[Si](C)(C)O[Si](C)(C)OCCCCCCCC. The van der Waals surface area contributed by atoms with Gasteiger partial charge < -0.3 is 45.4 Å². The zero-order valence-electron chi connectivity index (χ0n) is 49.0. The largest absolute Gasteiger partial charge is 0.415 e. The molecule has 0 amide bonds. The van der Waals surface area contributed by atoms with E-state index in [1.807, 2.05) is 0 Å². The highest BCUT2D eigenvalue weighted by molar-refractivity contribution is 6.79. The first-order chi connectivity index (χ1) is 33.5. The van der Waals surface area contributed by atoms with E-state index in [2.05, 4.69) is 85.0 Å². The first-order valence-corrected chi connectivity index (χ1v) is 41.4. The van der Waals surface area contributed by atoms with Gasteiger partial charge in [0.05, 0.1) is 0 Å². The maximum absolute atomic E-state index is 9.50. The molecule has 0 saturated heterocycles. The van der Waals surface area contributed by atoms with E-state index >= 15 is 0 Å². The monoisotopic (exact) mass is 1070 g/mol. The van der Waals surface area contributed by atoms with Crippen molar-refractivity contribution in [1.29, 1.82) is 0 Å². The van der Waals surface area contributed by atoms with Crippen LogP contribution in [0.15, 0.2) is 0 Å². The third kappa shape index (κ3) is 47.0. The molecule has 0 aliphatic rings. The Morgan fingerprint density at radius 1 is 0.329 bits per heavy atom. The summed E-state index contributed by atoms with van der Waals surface area (Å²) in [6, 6.07) is 0. The number of aliphatic hydroxyl groups is 1. The van der Waals surface area contributed by atoms with Crippen molar-refractivity contribution in [3.8, 4) is 0 Å². The molecule has 0 radical (unpaired) electrons. The normalized spacial score (nSPS) is 13.8. The van der Waals surface area contributed by atoms with Gasteiger partial charge in [0.15, 0.2) is 0 Å². The molecule has 0 heterocycles. The van der Waals surface area contributed by atoms with Gasteiger partial charge in [-0.25, -0.2) is 0 Å². The lowest BCUT2D eigenvalue weighted by Gasteiger charge is -2.35. The van der Waals surface area contributed by atoms with Crippen molar-refractivity contribution >= 4 is 34.2 Å². The summed E-state index contributed by atoms with van der Waals surface area (Å²) in [6.07, 6.45) is 40.2. The fourth-order valence-electron chi connectivity index (χ4n) is 9.30. The first kappa shape index (κ1) is 70.5. The van der Waals surface area contributed by atoms with Gasteiger partial charge in [0.2, 0.25) is 0 Å². The van der Waals surface area contributed by atoms with E-state index in [1.165, 1.54) is 154 Å². The summed E-state index contributed by atoms with van der Waals surface area (Å²) in [7, 11) is -9.51. The number of aliphatic hydroxyl groups excluding tert-OH is 1. The molecular formula is C56H123NO9Si4. The maximum atomic E-state index is 9.50. The minimum atomic E-state index is -2.45. The average Bonchev–Trinajstić information content (AvgIpc) is 3.28. The van der Waals surface area contributed by atoms with Crippen LogP contribution < -0.4 is 0 Å². The molecule has 0 aromatic rings. The minimum absolute atomic E-state index is 0.206. The van der Waals surface area contributed by atoms with Crippen LogP contribution in [0, 0.1) is 0 Å². The van der Waals surface area contributed by atoms with Crippen LogP contribution in [-0.2, 0) is 35.4 Å². The predicted octanol–water partition coefficient (Wildman–Crippen LogP) is 17.2. The molecule has 70 heavy (non-hydrogen) atoms. The summed E-state index contributed by atoms with van der Waals surface area (Å²) in [4.78, 5) is 2.64. The van der Waals surface area contributed by atoms with Crippen molar-refractivity contribution < 1.29 is 40.5 Å². The van der Waals surface area contributed by atoms with Crippen LogP contribution in [-0.4, -0.2) is 109 Å². The zero-order chi connectivity index (χ0) is 52.1. The number of rotatable bonds is 56. The second kappa shape index (κ2) is 46.7. The van der Waals surface area contributed by atoms with Crippen molar-refractivity contribution in [3.05, 3.63) is 0 Å². The van der Waals surface area contributed by atoms with Gasteiger partial charge in [-0.3, -0.25) is 0 Å². The number of hydrogen-bond acceptors (Lipinski definition) is 10. The molecule has 0 aliphatic heterocycles. The second-order valence-corrected chi connectivity index (χ2v) is 36.3. The standard InChI is InChI=1S/C56H123NO9Si4/c1-13-17-21-25-31-43-53-61-67(5,6)65-69(9,10)63-55(45-35-27-23-19-15-3)59-51-41-33-29-37-47-57(49-39-40-50-58)48-38-30-34-42-52-60-56(46-36-28-24-20-16-4)64-70(11,12)66-68(7,8)62-54-44-32-26-22-18-14-2/h55-56,58H,13-54H2,1-12H3. The summed E-state index contributed by atoms with van der Waals surface area (Å²) in [6.45, 7) is 33.1. The molecule has 0 fully saturated rings. The second-order valence-electron chi connectivity index (χ2n) is 22.4. The van der Waals surface area contributed by atoms with Crippen molar-refractivity contribution in [1.82, 2.24) is 4.90 Å². The molecule has 422 valence electrons. The van der Waals surface area contributed by atoms with Crippen LogP contribution in [0.4, 0.5) is 0 Å². The van der Waals surface area contributed by atoms with Crippen molar-refractivity contribution in [2.75, 3.05) is 52.7 Å². The smallest absolute Gasteiger partial charge is 0.324 e. The van der Waals surface area contributed by atoms with Gasteiger partial charge in [-0.05, 0) is 149 Å². The summed E-state index contributed by atoms with van der Waals surface area (Å²) in [5, 5.41) is 9.50. The number of nitrogens with zero attached hydrogens (tertiary/aromatic N) is 1. The Kier molecular flexibility index (Phi) is 47.1. The molecule has 0 aromatic heterocycles. The van der Waals surface area contributed by atoms with Gasteiger partial charge in [-0.15, -0.1) is 0 Å². The highest BCUT2D eigenvalue weighted by atomic mass is 28.5. The maximum Gasteiger partial charge on any atom is 0.324 e.